The van der Waals surface area contributed by atoms with Gasteiger partial charge in [-0.3, -0.25) is 14.5 Å². The second-order valence-corrected chi connectivity index (χ2v) is 8.95. The number of hydrogen-bond acceptors (Lipinski definition) is 7. The van der Waals surface area contributed by atoms with Crippen LogP contribution in [0.1, 0.15) is 44.9 Å². The number of aromatic hydroxyl groups is 1. The van der Waals surface area contributed by atoms with E-state index in [-0.39, 0.29) is 23.2 Å². The molecule has 1 aliphatic rings. The van der Waals surface area contributed by atoms with E-state index in [1.807, 2.05) is 27.7 Å². The predicted molar refractivity (Wildman–Crippen MR) is 144 cm³/mol. The highest BCUT2D eigenvalue weighted by molar-refractivity contribution is 6.51. The van der Waals surface area contributed by atoms with Crippen molar-refractivity contribution >= 4 is 23.1 Å². The highest BCUT2D eigenvalue weighted by atomic mass is 16.5. The van der Waals surface area contributed by atoms with E-state index < -0.39 is 17.7 Å². The smallest absolute Gasteiger partial charge is 0.300 e. The Hall–Kier alpha value is -4.46. The predicted octanol–water partition coefficient (Wildman–Crippen LogP) is 5.60. The molecule has 8 nitrogen and oxygen atoms in total. The Balaban J connectivity index is 1.89. The van der Waals surface area contributed by atoms with Gasteiger partial charge in [0, 0.05) is 17.3 Å². The Bertz CT molecular complexity index is 1360. The highest BCUT2D eigenvalue weighted by Gasteiger charge is 2.47. The van der Waals surface area contributed by atoms with Crippen LogP contribution in [0, 0.1) is 0 Å². The number of hydrogen-bond donors (Lipinski definition) is 2. The van der Waals surface area contributed by atoms with Crippen LogP contribution in [0.3, 0.4) is 0 Å². The molecule has 0 spiro atoms. The number of nitrogens with zero attached hydrogens (tertiary/aromatic N) is 1. The molecule has 1 atom stereocenters. The Morgan fingerprint density at radius 3 is 2.26 bits per heavy atom. The SMILES string of the molecule is CCOc1ccc(N2C(=O)C(=O)/C(=C(/O)c3cccc(OC(C)C)c3)C2c2ccc(O)cc2)cc1OCC. The van der Waals surface area contributed by atoms with E-state index in [1.165, 1.54) is 17.0 Å². The average molecular weight is 518 g/mol. The third-order valence-corrected chi connectivity index (χ3v) is 5.94. The average Bonchev–Trinajstić information content (AvgIpc) is 3.15. The van der Waals surface area contributed by atoms with Gasteiger partial charge < -0.3 is 24.4 Å². The molecular weight excluding hydrogens is 486 g/mol. The van der Waals surface area contributed by atoms with E-state index in [2.05, 4.69) is 0 Å². The van der Waals surface area contributed by atoms with Crippen LogP contribution >= 0.6 is 0 Å². The summed E-state index contributed by atoms with van der Waals surface area (Å²) in [5.74, 6) is -0.464. The molecule has 1 fully saturated rings. The molecule has 1 aliphatic heterocycles. The van der Waals surface area contributed by atoms with Crippen molar-refractivity contribution in [3.8, 4) is 23.0 Å². The number of Topliss-reactive ketones (excluding diaryl/α,β-unsaturated/α-hetero) is 1. The number of ketones is 1. The normalized spacial score (nSPS) is 16.7. The lowest BCUT2D eigenvalue weighted by molar-refractivity contribution is -0.132. The van der Waals surface area contributed by atoms with Crippen LogP contribution < -0.4 is 19.1 Å². The van der Waals surface area contributed by atoms with Crippen molar-refractivity contribution in [1.29, 1.82) is 0 Å². The van der Waals surface area contributed by atoms with Crippen LogP contribution in [0.4, 0.5) is 5.69 Å². The summed E-state index contributed by atoms with van der Waals surface area (Å²) in [5.41, 5.74) is 1.19. The van der Waals surface area contributed by atoms with Gasteiger partial charge in [0.1, 0.15) is 17.3 Å². The molecule has 0 aliphatic carbocycles. The fourth-order valence-corrected chi connectivity index (χ4v) is 4.40. The third-order valence-electron chi connectivity index (χ3n) is 5.94. The molecule has 4 rings (SSSR count). The zero-order valence-electron chi connectivity index (χ0n) is 21.8. The van der Waals surface area contributed by atoms with Gasteiger partial charge in [0.05, 0.1) is 30.9 Å². The molecule has 0 saturated carbocycles. The molecule has 198 valence electrons. The number of benzene rings is 3. The molecule has 3 aromatic carbocycles. The van der Waals surface area contributed by atoms with Crippen LogP contribution in [-0.2, 0) is 9.59 Å². The lowest BCUT2D eigenvalue weighted by atomic mass is 9.95. The summed E-state index contributed by atoms with van der Waals surface area (Å²) in [6.45, 7) is 8.26. The quantitative estimate of drug-likeness (QED) is 0.216. The van der Waals surface area contributed by atoms with Crippen molar-refractivity contribution in [3.63, 3.8) is 0 Å². The molecule has 1 saturated heterocycles. The van der Waals surface area contributed by atoms with Crippen molar-refractivity contribution < 1.29 is 34.0 Å². The maximum absolute atomic E-state index is 13.5. The van der Waals surface area contributed by atoms with Crippen molar-refractivity contribution in [3.05, 3.63) is 83.4 Å². The number of anilines is 1. The van der Waals surface area contributed by atoms with E-state index in [1.54, 1.807) is 54.6 Å². The maximum Gasteiger partial charge on any atom is 0.300 e. The first-order chi connectivity index (χ1) is 18.2. The summed E-state index contributed by atoms with van der Waals surface area (Å²) in [7, 11) is 0. The monoisotopic (exact) mass is 517 g/mol. The first-order valence-electron chi connectivity index (χ1n) is 12.5. The summed E-state index contributed by atoms with van der Waals surface area (Å²) in [4.78, 5) is 28.3. The molecule has 0 radical (unpaired) electrons. The summed E-state index contributed by atoms with van der Waals surface area (Å²) in [5, 5.41) is 21.3. The number of carbonyl (C=O) groups is 2. The molecular formula is C30H31NO7. The molecule has 3 aromatic rings. The fourth-order valence-electron chi connectivity index (χ4n) is 4.40. The number of phenols is 1. The minimum absolute atomic E-state index is 0.0314. The number of aliphatic hydroxyl groups is 1. The number of rotatable bonds is 9. The van der Waals surface area contributed by atoms with Gasteiger partial charge in [-0.1, -0.05) is 24.3 Å². The van der Waals surface area contributed by atoms with Gasteiger partial charge in [-0.05, 0) is 69.7 Å². The van der Waals surface area contributed by atoms with E-state index in [4.69, 9.17) is 14.2 Å². The lowest BCUT2D eigenvalue weighted by Gasteiger charge is -2.26. The highest BCUT2D eigenvalue weighted by Crippen LogP contribution is 2.44. The van der Waals surface area contributed by atoms with Gasteiger partial charge in [-0.15, -0.1) is 0 Å². The Morgan fingerprint density at radius 1 is 0.921 bits per heavy atom. The maximum atomic E-state index is 13.5. The van der Waals surface area contributed by atoms with E-state index in [0.717, 1.165) is 0 Å². The summed E-state index contributed by atoms with van der Waals surface area (Å²) >= 11 is 0. The number of carbonyl (C=O) groups excluding carboxylic acids is 2. The molecule has 8 heteroatoms. The fraction of sp³-hybridized carbons (Fsp3) is 0.267. The topological polar surface area (TPSA) is 106 Å². The molecule has 1 unspecified atom stereocenters. The van der Waals surface area contributed by atoms with Gasteiger partial charge in [0.15, 0.2) is 11.5 Å². The van der Waals surface area contributed by atoms with Gasteiger partial charge in [-0.25, -0.2) is 0 Å². The van der Waals surface area contributed by atoms with E-state index >= 15 is 0 Å². The van der Waals surface area contributed by atoms with Gasteiger partial charge in [-0.2, -0.15) is 0 Å². The van der Waals surface area contributed by atoms with Crippen LogP contribution in [0.5, 0.6) is 23.0 Å². The number of ether oxygens (including phenoxy) is 3. The first kappa shape index (κ1) is 26.6. The molecule has 1 amide bonds. The van der Waals surface area contributed by atoms with Crippen LogP contribution in [0.2, 0.25) is 0 Å². The van der Waals surface area contributed by atoms with Crippen LogP contribution in [-0.4, -0.2) is 41.2 Å². The summed E-state index contributed by atoms with van der Waals surface area (Å²) in [6.07, 6.45) is -0.0887. The number of aliphatic hydroxyl groups excluding tert-OH is 1. The molecule has 2 N–H and O–H groups in total. The summed E-state index contributed by atoms with van der Waals surface area (Å²) < 4.78 is 17.1. The van der Waals surface area contributed by atoms with Gasteiger partial charge >= 0.3 is 0 Å². The Labute approximate surface area is 221 Å². The van der Waals surface area contributed by atoms with Crippen molar-refractivity contribution in [2.24, 2.45) is 0 Å². The molecule has 0 aromatic heterocycles. The van der Waals surface area contributed by atoms with Crippen molar-refractivity contribution in [2.45, 2.75) is 39.8 Å². The number of amides is 1. The van der Waals surface area contributed by atoms with Crippen molar-refractivity contribution in [1.82, 2.24) is 0 Å². The molecule has 1 heterocycles. The third kappa shape index (κ3) is 5.29. The second-order valence-electron chi connectivity index (χ2n) is 8.95. The molecule has 38 heavy (non-hydrogen) atoms. The number of phenolic OH excluding ortho intramolecular Hbond substituents is 1. The zero-order chi connectivity index (χ0) is 27.4. The lowest BCUT2D eigenvalue weighted by Crippen LogP contribution is -2.29. The minimum atomic E-state index is -0.960. The zero-order valence-corrected chi connectivity index (χ0v) is 21.8. The summed E-state index contributed by atoms with van der Waals surface area (Å²) in [6, 6.07) is 16.9. The van der Waals surface area contributed by atoms with E-state index in [9.17, 15) is 19.8 Å². The standard InChI is InChI=1S/C30H31NO7/c1-5-36-24-15-12-21(17-25(24)37-6-2)31-27(19-10-13-22(32)14-11-19)26(29(34)30(31)35)28(33)20-8-7-9-23(16-20)38-18(3)4/h7-18,27,32-33H,5-6H2,1-4H3/b28-26+. The van der Waals surface area contributed by atoms with Crippen molar-refractivity contribution in [2.75, 3.05) is 18.1 Å². The van der Waals surface area contributed by atoms with Gasteiger partial charge in [0.2, 0.25) is 0 Å². The van der Waals surface area contributed by atoms with E-state index in [0.29, 0.717) is 47.3 Å². The Morgan fingerprint density at radius 2 is 1.61 bits per heavy atom. The van der Waals surface area contributed by atoms with Gasteiger partial charge in [0.25, 0.3) is 11.7 Å². The second kappa shape index (κ2) is 11.3. The minimum Gasteiger partial charge on any atom is -0.508 e. The van der Waals surface area contributed by atoms with Crippen LogP contribution in [0.25, 0.3) is 5.76 Å². The molecule has 0 bridgehead atoms. The Kier molecular flexibility index (Phi) is 7.90. The van der Waals surface area contributed by atoms with Crippen LogP contribution in [0.15, 0.2) is 72.3 Å². The first-order valence-corrected chi connectivity index (χ1v) is 12.5. The largest absolute Gasteiger partial charge is 0.508 e.